The lowest BCUT2D eigenvalue weighted by molar-refractivity contribution is 0.646. The van der Waals surface area contributed by atoms with E-state index in [1.54, 1.807) is 0 Å². The number of anilines is 1. The van der Waals surface area contributed by atoms with Crippen LogP contribution in [0.4, 0.5) is 5.82 Å². The summed E-state index contributed by atoms with van der Waals surface area (Å²) < 4.78 is 1.29. The zero-order valence-electron chi connectivity index (χ0n) is 10.2. The van der Waals surface area contributed by atoms with Gasteiger partial charge in [0.1, 0.15) is 17.5 Å². The van der Waals surface area contributed by atoms with E-state index >= 15 is 0 Å². The second-order valence-corrected chi connectivity index (χ2v) is 4.49. The molecule has 2 aromatic heterocycles. The van der Waals surface area contributed by atoms with Crippen LogP contribution in [0, 0.1) is 11.3 Å². The van der Waals surface area contributed by atoms with Gasteiger partial charge < -0.3 is 5.73 Å². The number of H-pyrrole nitrogens is 1. The Kier molecular flexibility index (Phi) is 2.56. The van der Waals surface area contributed by atoms with E-state index < -0.39 is 0 Å². The minimum Gasteiger partial charge on any atom is -0.382 e. The maximum atomic E-state index is 12.0. The summed E-state index contributed by atoms with van der Waals surface area (Å²) in [6.45, 7) is 0. The van der Waals surface area contributed by atoms with Crippen molar-refractivity contribution >= 4 is 5.82 Å². The van der Waals surface area contributed by atoms with Crippen LogP contribution < -0.4 is 11.3 Å². The quantitative estimate of drug-likeness (QED) is 0.761. The van der Waals surface area contributed by atoms with Crippen molar-refractivity contribution in [3.63, 3.8) is 0 Å². The summed E-state index contributed by atoms with van der Waals surface area (Å²) in [6, 6.07) is 1.93. The predicted octanol–water partition coefficient (Wildman–Crippen LogP) is 0.288. The van der Waals surface area contributed by atoms with Crippen molar-refractivity contribution in [1.29, 1.82) is 5.26 Å². The zero-order chi connectivity index (χ0) is 13.4. The average Bonchev–Trinajstić information content (AvgIpc) is 2.80. The number of hydrogen-bond acceptors (Lipinski definition) is 5. The Morgan fingerprint density at radius 1 is 1.42 bits per heavy atom. The van der Waals surface area contributed by atoms with Crippen molar-refractivity contribution in [3.05, 3.63) is 33.4 Å². The van der Waals surface area contributed by atoms with Gasteiger partial charge in [0.25, 0.3) is 5.56 Å². The Labute approximate surface area is 108 Å². The van der Waals surface area contributed by atoms with Gasteiger partial charge in [-0.15, -0.1) is 0 Å². The standard InChI is InChI=1S/C12H12N6O/c13-5-7-6-15-18(10(7)14)12-16-9-4-2-1-3-8(9)11(19)17-12/h6H,1-4,14H2,(H,16,17,19). The van der Waals surface area contributed by atoms with Crippen LogP contribution in [0.1, 0.15) is 29.7 Å². The Balaban J connectivity index is 2.16. The molecule has 0 aromatic carbocycles. The first-order valence-electron chi connectivity index (χ1n) is 6.06. The number of aryl methyl sites for hydroxylation is 1. The molecule has 1 aliphatic carbocycles. The molecule has 0 unspecified atom stereocenters. The molecule has 0 fully saturated rings. The van der Waals surface area contributed by atoms with Crippen LogP contribution in [-0.4, -0.2) is 19.7 Å². The molecule has 1 aliphatic rings. The van der Waals surface area contributed by atoms with Crippen molar-refractivity contribution < 1.29 is 0 Å². The lowest BCUT2D eigenvalue weighted by Crippen LogP contribution is -2.24. The molecule has 0 spiro atoms. The normalized spacial score (nSPS) is 13.8. The van der Waals surface area contributed by atoms with Gasteiger partial charge in [-0.25, -0.2) is 4.98 Å². The first-order chi connectivity index (χ1) is 9.20. The van der Waals surface area contributed by atoms with Gasteiger partial charge in [0.2, 0.25) is 5.95 Å². The van der Waals surface area contributed by atoms with E-state index in [0.717, 1.165) is 36.9 Å². The molecule has 0 amide bonds. The summed E-state index contributed by atoms with van der Waals surface area (Å²) >= 11 is 0. The highest BCUT2D eigenvalue weighted by Gasteiger charge is 2.18. The number of nitrogens with one attached hydrogen (secondary N) is 1. The van der Waals surface area contributed by atoms with E-state index in [1.165, 1.54) is 10.9 Å². The molecule has 7 heteroatoms. The summed E-state index contributed by atoms with van der Waals surface area (Å²) in [5.74, 6) is 0.450. The van der Waals surface area contributed by atoms with Crippen LogP contribution in [-0.2, 0) is 12.8 Å². The number of nitrogens with two attached hydrogens (primary N) is 1. The molecule has 2 aromatic rings. The molecule has 0 saturated heterocycles. The number of nitrogen functional groups attached to an aromatic ring is 1. The Hall–Kier alpha value is -2.62. The molecule has 2 heterocycles. The van der Waals surface area contributed by atoms with Gasteiger partial charge in [0, 0.05) is 5.56 Å². The van der Waals surface area contributed by atoms with Crippen LogP contribution >= 0.6 is 0 Å². The maximum absolute atomic E-state index is 12.0. The number of rotatable bonds is 1. The van der Waals surface area contributed by atoms with Gasteiger partial charge >= 0.3 is 0 Å². The first kappa shape index (κ1) is 11.5. The van der Waals surface area contributed by atoms with E-state index in [1.807, 2.05) is 6.07 Å². The van der Waals surface area contributed by atoms with Crippen LogP contribution in [0.15, 0.2) is 11.0 Å². The summed E-state index contributed by atoms with van der Waals surface area (Å²) in [7, 11) is 0. The molecule has 0 radical (unpaired) electrons. The van der Waals surface area contributed by atoms with E-state index in [-0.39, 0.29) is 22.9 Å². The van der Waals surface area contributed by atoms with Crippen LogP contribution in [0.25, 0.3) is 5.95 Å². The Morgan fingerprint density at radius 2 is 2.21 bits per heavy atom. The van der Waals surface area contributed by atoms with Crippen molar-refractivity contribution in [1.82, 2.24) is 19.7 Å². The van der Waals surface area contributed by atoms with Crippen molar-refractivity contribution in [2.24, 2.45) is 0 Å². The third-order valence-electron chi connectivity index (χ3n) is 3.31. The number of nitriles is 1. The van der Waals surface area contributed by atoms with Gasteiger partial charge in [0.05, 0.1) is 11.9 Å². The molecular weight excluding hydrogens is 244 g/mol. The maximum Gasteiger partial charge on any atom is 0.255 e. The van der Waals surface area contributed by atoms with Gasteiger partial charge in [0.15, 0.2) is 0 Å². The fourth-order valence-electron chi connectivity index (χ4n) is 2.30. The zero-order valence-corrected chi connectivity index (χ0v) is 10.2. The topological polar surface area (TPSA) is 113 Å². The van der Waals surface area contributed by atoms with E-state index in [9.17, 15) is 4.79 Å². The number of hydrogen-bond donors (Lipinski definition) is 2. The number of fused-ring (bicyclic) bond motifs is 1. The van der Waals surface area contributed by atoms with Gasteiger partial charge in [-0.3, -0.25) is 9.78 Å². The molecule has 3 rings (SSSR count). The third kappa shape index (κ3) is 1.78. The van der Waals surface area contributed by atoms with Crippen molar-refractivity contribution in [2.75, 3.05) is 5.73 Å². The smallest absolute Gasteiger partial charge is 0.255 e. The van der Waals surface area contributed by atoms with Crippen LogP contribution in [0.2, 0.25) is 0 Å². The largest absolute Gasteiger partial charge is 0.382 e. The SMILES string of the molecule is N#Cc1cnn(-c2nc3c(c(=O)[nH]2)CCCC3)c1N. The van der Waals surface area contributed by atoms with Crippen molar-refractivity contribution in [3.8, 4) is 12.0 Å². The van der Waals surface area contributed by atoms with Crippen LogP contribution in [0.3, 0.4) is 0 Å². The number of aromatic amines is 1. The number of nitrogens with zero attached hydrogens (tertiary/aromatic N) is 4. The van der Waals surface area contributed by atoms with E-state index in [2.05, 4.69) is 15.1 Å². The van der Waals surface area contributed by atoms with E-state index in [4.69, 9.17) is 11.0 Å². The summed E-state index contributed by atoms with van der Waals surface area (Å²) in [4.78, 5) is 19.1. The molecule has 0 aliphatic heterocycles. The van der Waals surface area contributed by atoms with Gasteiger partial charge in [-0.05, 0) is 25.7 Å². The molecule has 96 valence electrons. The minimum absolute atomic E-state index is 0.145. The predicted molar refractivity (Wildman–Crippen MR) is 67.7 cm³/mol. The molecular formula is C12H12N6O. The molecule has 0 atom stereocenters. The second kappa shape index (κ2) is 4.24. The average molecular weight is 256 g/mol. The summed E-state index contributed by atoms with van der Waals surface area (Å²) in [5, 5.41) is 12.8. The fourth-order valence-corrected chi connectivity index (χ4v) is 2.30. The second-order valence-electron chi connectivity index (χ2n) is 4.49. The number of aromatic nitrogens is 4. The lowest BCUT2D eigenvalue weighted by atomic mass is 9.97. The summed E-state index contributed by atoms with van der Waals surface area (Å²) in [5.41, 5.74) is 7.46. The lowest BCUT2D eigenvalue weighted by Gasteiger charge is -2.14. The molecule has 7 nitrogen and oxygen atoms in total. The first-order valence-corrected chi connectivity index (χ1v) is 6.06. The monoisotopic (exact) mass is 256 g/mol. The van der Waals surface area contributed by atoms with E-state index in [0.29, 0.717) is 0 Å². The van der Waals surface area contributed by atoms with Gasteiger partial charge in [-0.2, -0.15) is 15.0 Å². The molecule has 0 saturated carbocycles. The Morgan fingerprint density at radius 3 is 2.95 bits per heavy atom. The third-order valence-corrected chi connectivity index (χ3v) is 3.31. The molecule has 0 bridgehead atoms. The highest BCUT2D eigenvalue weighted by atomic mass is 16.1. The highest BCUT2D eigenvalue weighted by molar-refractivity contribution is 5.50. The minimum atomic E-state index is -0.145. The fraction of sp³-hybridized carbons (Fsp3) is 0.333. The Bertz CT molecular complexity index is 736. The van der Waals surface area contributed by atoms with Crippen molar-refractivity contribution in [2.45, 2.75) is 25.7 Å². The molecule has 3 N–H and O–H groups in total. The van der Waals surface area contributed by atoms with Gasteiger partial charge in [-0.1, -0.05) is 0 Å². The highest BCUT2D eigenvalue weighted by Crippen LogP contribution is 2.18. The summed E-state index contributed by atoms with van der Waals surface area (Å²) in [6.07, 6.45) is 4.95. The van der Waals surface area contributed by atoms with Crippen LogP contribution in [0.5, 0.6) is 0 Å². The molecule has 19 heavy (non-hydrogen) atoms.